The van der Waals surface area contributed by atoms with Gasteiger partial charge >= 0.3 is 17.9 Å². The van der Waals surface area contributed by atoms with E-state index in [4.69, 9.17) is 45.0 Å². The Bertz CT molecular complexity index is 5350. The molecule has 9 rings (SSSR count). The van der Waals surface area contributed by atoms with Gasteiger partial charge in [-0.1, -0.05) is 115 Å². The van der Waals surface area contributed by atoms with E-state index >= 15 is 28.8 Å². The van der Waals surface area contributed by atoms with Crippen molar-refractivity contribution in [3.63, 3.8) is 0 Å². The lowest BCUT2D eigenvalue weighted by atomic mass is 9.98. The van der Waals surface area contributed by atoms with E-state index in [1.165, 1.54) is 17.4 Å². The minimum Gasteiger partial charge on any atom is -0.480 e. The number of nitrogens with one attached hydrogen (secondary N) is 16. The van der Waals surface area contributed by atoms with E-state index < -0.39 is 201 Å². The van der Waals surface area contributed by atoms with Gasteiger partial charge in [-0.25, -0.2) is 10.8 Å². The molecule has 2 aliphatic heterocycles. The molecule has 5 aromatic carbocycles. The van der Waals surface area contributed by atoms with Crippen molar-refractivity contribution in [3.8, 4) is 0 Å². The molecule has 137 heavy (non-hydrogen) atoms. The fourth-order valence-corrected chi connectivity index (χ4v) is 16.0. The summed E-state index contributed by atoms with van der Waals surface area (Å²) >= 11 is 0. The van der Waals surface area contributed by atoms with Crippen LogP contribution in [0.2, 0.25) is 0 Å². The Hall–Kier alpha value is -15.1. The van der Waals surface area contributed by atoms with Gasteiger partial charge in [-0.15, -0.1) is 0 Å². The number of hydrogen-bond donors (Lipinski definition) is 25. The van der Waals surface area contributed by atoms with Crippen molar-refractivity contribution < 1.29 is 92.3 Å². The number of rotatable bonds is 50. The molecule has 2 fully saturated rings. The van der Waals surface area contributed by atoms with Crippen molar-refractivity contribution in [2.75, 3.05) is 118 Å². The monoisotopic (exact) mass is 1900 g/mol. The number of para-hydroxylation sites is 1. The van der Waals surface area contributed by atoms with Crippen molar-refractivity contribution in [2.45, 2.75) is 131 Å². The molecule has 47 nitrogen and oxygen atoms in total. The molecule has 736 valence electrons. The Morgan fingerprint density at radius 2 is 0.876 bits per heavy atom. The number of carbonyl (C=O) groups is 15. The molecule has 7 aromatic rings. The maximum atomic E-state index is 15.5. The van der Waals surface area contributed by atoms with Crippen LogP contribution in [0, 0.1) is 16.2 Å². The third kappa shape index (κ3) is 34.4. The first-order valence-electron chi connectivity index (χ1n) is 44.7. The van der Waals surface area contributed by atoms with Crippen LogP contribution in [0.3, 0.4) is 0 Å². The van der Waals surface area contributed by atoms with Gasteiger partial charge in [0.15, 0.2) is 23.7 Å². The largest absolute Gasteiger partial charge is 0.480 e. The number of benzene rings is 5. The number of nitrogens with zero attached hydrogens (tertiary/aromatic N) is 7. The normalized spacial score (nSPS) is 15.8. The lowest BCUT2D eigenvalue weighted by molar-refractivity contribution is -0.146. The number of aromatic amines is 2. The molecule has 30 N–H and O–H groups in total. The van der Waals surface area contributed by atoms with Crippen LogP contribution in [0.1, 0.15) is 89.7 Å². The molecule has 47 heteroatoms. The van der Waals surface area contributed by atoms with E-state index in [-0.39, 0.29) is 154 Å². The molecular weight excluding hydrogens is 1780 g/mol. The minimum atomic E-state index is -1.96. The van der Waals surface area contributed by atoms with Crippen LogP contribution in [-0.4, -0.2) is 344 Å². The molecule has 0 spiro atoms. The lowest BCUT2D eigenvalue weighted by Gasteiger charge is -2.33. The summed E-state index contributed by atoms with van der Waals surface area (Å²) in [6, 6.07) is 20.0. The van der Waals surface area contributed by atoms with Crippen LogP contribution < -0.4 is 87.3 Å². The standard InChI is InChI=1S/C90H122N28O19/c91-73(120)47-118(98)87(137)72-21-11-31-117(72)86(136)70(41-54-22-26-58(27-23-54)78(128)57-13-2-1-3-14-57)111-83(133)68(43-60-45-103-63-17-7-6-16-62(60)63)109-80(130)65(19-9-29-101-89(94)95)108-84(134)69(44-61-46-99-53-104-61)110-85(135)71(52-119)112-81(131)66(20-10-30-102-90(96)97)106-79(129)64(18-8-28-100-88(92)93)107-82(132)67(42-55-24-25-56-12-4-5-15-59(56)40-55)105-74(121)48-113-32-34-114(49-75(122)123)36-38-116(51-77(126)127)39-37-115(35-33-113)50-76(124)125/h1-7,12-17,22-27,40,45-46,53,64-72,103,119H,8-11,18-21,28-39,41-44,47-52,98H2,(H2,91,120)(H,99,104)(H,105,121)(H,106,129)(H,107,132)(H,108,134)(H,109,130)(H,110,135)(H,111,133)(H,112,131)(H,122,123)(H,124,125)(H,126,127)(H4,92,93,100)(H4,94,95,101)(H4,96,97,102)/t64-,65+,66-,67+,68-,69-,70-,71-,72-/m0/s1. The van der Waals surface area contributed by atoms with E-state index in [0.29, 0.717) is 50.1 Å². The fourth-order valence-electron chi connectivity index (χ4n) is 16.0. The van der Waals surface area contributed by atoms with Crippen LogP contribution in [0.4, 0.5) is 0 Å². The maximum Gasteiger partial charge on any atom is 0.317 e. The highest BCUT2D eigenvalue weighted by atomic mass is 16.4. The molecule has 11 amide bonds. The number of imidazole rings is 1. The zero-order chi connectivity index (χ0) is 99.2. The van der Waals surface area contributed by atoms with E-state index in [1.807, 2.05) is 18.2 Å². The molecule has 9 atom stereocenters. The molecule has 4 heterocycles. The fraction of sp³-hybridized carbons (Fsp3) is 0.433. The molecule has 0 saturated carbocycles. The molecule has 2 saturated heterocycles. The Morgan fingerprint density at radius 3 is 1.36 bits per heavy atom. The molecule has 0 bridgehead atoms. The molecule has 0 unspecified atom stereocenters. The Balaban J connectivity index is 0.973. The van der Waals surface area contributed by atoms with Crippen molar-refractivity contribution in [3.05, 3.63) is 174 Å². The number of aliphatic hydroxyl groups excluding tert-OH is 1. The zero-order valence-electron chi connectivity index (χ0n) is 75.6. The predicted octanol–water partition coefficient (Wildman–Crippen LogP) is -5.14. The SMILES string of the molecule is N=C(N)NCCC[C@H](NC(=O)[C@H](CCCNC(=N)N)NC(=O)[C@@H](Cc1ccc2ccccc2c1)NC(=O)CN1CCN(CC(=O)O)CCN(CC(=O)O)CCN(CC(=O)O)CC1)C(=O)N[C@@H](CO)C(=O)N[C@@H](Cc1cnc[nH]1)C(=O)N[C@H](CCCNC(=N)N)C(=O)N[C@@H](Cc1c[nH]c2ccccc12)C(=O)N[C@@H](Cc1ccc(C(=O)c2ccccc2)cc1)C(=O)N1CCC[C@H]1C(=O)N(N)CC(N)=O. The Kier molecular flexibility index (Phi) is 41.0. The first-order valence-corrected chi connectivity index (χ1v) is 44.7. The number of carboxylic acids is 3. The van der Waals surface area contributed by atoms with E-state index in [1.54, 1.807) is 129 Å². The number of hydrogen-bond acceptors (Lipinski definition) is 25. The Labute approximate surface area is 787 Å². The predicted molar refractivity (Wildman–Crippen MR) is 500 cm³/mol. The second-order valence-corrected chi connectivity index (χ2v) is 33.4. The van der Waals surface area contributed by atoms with Crippen molar-refractivity contribution >= 4 is 128 Å². The third-order valence-electron chi connectivity index (χ3n) is 23.0. The number of carboxylic acid groups (broad SMARTS) is 3. The summed E-state index contributed by atoms with van der Waals surface area (Å²) in [5.41, 5.74) is 25.4. The van der Waals surface area contributed by atoms with Gasteiger partial charge in [0.1, 0.15) is 60.9 Å². The van der Waals surface area contributed by atoms with Crippen LogP contribution in [0.5, 0.6) is 0 Å². The molecule has 0 radical (unpaired) electrons. The van der Waals surface area contributed by atoms with Crippen molar-refractivity contribution in [1.82, 2.24) is 103 Å². The number of aliphatic carboxylic acids is 3. The first-order chi connectivity index (χ1) is 65.6. The highest BCUT2D eigenvalue weighted by Crippen LogP contribution is 2.25. The molecule has 0 aliphatic carbocycles. The minimum absolute atomic E-state index is 0.00211. The number of fused-ring (bicyclic) bond motifs is 2. The summed E-state index contributed by atoms with van der Waals surface area (Å²) in [5, 5.41) is 96.3. The van der Waals surface area contributed by atoms with Crippen LogP contribution in [0.25, 0.3) is 21.7 Å². The first kappa shape index (κ1) is 106. The summed E-state index contributed by atoms with van der Waals surface area (Å²) in [5.74, 6) is -9.63. The number of H-pyrrole nitrogens is 2. The van der Waals surface area contributed by atoms with Gasteiger partial charge in [0.25, 0.3) is 5.91 Å². The van der Waals surface area contributed by atoms with Crippen LogP contribution >= 0.6 is 0 Å². The van der Waals surface area contributed by atoms with E-state index in [9.17, 15) is 63.6 Å². The number of carbonyl (C=O) groups excluding carboxylic acids is 12. The number of guanidine groups is 3. The number of ketones is 1. The number of amides is 11. The highest BCUT2D eigenvalue weighted by molar-refractivity contribution is 6.09. The number of aliphatic hydroxyl groups is 1. The summed E-state index contributed by atoms with van der Waals surface area (Å²) in [6.07, 6.45) is 2.65. The van der Waals surface area contributed by atoms with Gasteiger partial charge in [0.2, 0.25) is 59.1 Å². The topological polar surface area (TPSA) is 735 Å². The second-order valence-electron chi connectivity index (χ2n) is 33.4. The molecule has 2 aliphatic rings. The third-order valence-corrected chi connectivity index (χ3v) is 23.0. The number of nitrogens with two attached hydrogens (primary N) is 5. The molecular formula is C90H122N28O19. The highest BCUT2D eigenvalue weighted by Gasteiger charge is 2.42. The van der Waals surface area contributed by atoms with Crippen LogP contribution in [-0.2, 0) is 92.8 Å². The van der Waals surface area contributed by atoms with Gasteiger partial charge in [0, 0.05) is 144 Å². The number of primary amides is 1. The molecule has 2 aromatic heterocycles. The number of aromatic nitrogens is 3. The van der Waals surface area contributed by atoms with Crippen molar-refractivity contribution in [2.24, 2.45) is 28.8 Å². The van der Waals surface area contributed by atoms with E-state index in [2.05, 4.69) is 73.4 Å². The van der Waals surface area contributed by atoms with Gasteiger partial charge in [0.05, 0.1) is 39.1 Å². The number of hydrazine groups is 1. The summed E-state index contributed by atoms with van der Waals surface area (Å²) in [6.45, 7) is -3.16. The average molecular weight is 1900 g/mol. The maximum absolute atomic E-state index is 15.5. The van der Waals surface area contributed by atoms with Gasteiger partial charge in [-0.3, -0.25) is 113 Å². The summed E-state index contributed by atoms with van der Waals surface area (Å²) in [4.78, 5) is 230. The quantitative estimate of drug-likeness (QED) is 0.00322. The Morgan fingerprint density at radius 1 is 0.453 bits per heavy atom. The average Bonchev–Trinajstić information content (AvgIpc) is 1.71. The lowest BCUT2D eigenvalue weighted by Crippen LogP contribution is -2.61. The van der Waals surface area contributed by atoms with Gasteiger partial charge in [-0.05, 0) is 84.9 Å². The summed E-state index contributed by atoms with van der Waals surface area (Å²) < 4.78 is 0. The van der Waals surface area contributed by atoms with Crippen molar-refractivity contribution in [1.29, 1.82) is 16.2 Å². The zero-order valence-corrected chi connectivity index (χ0v) is 75.6. The second kappa shape index (κ2) is 53.1. The number of likely N-dealkylation sites (tertiary alicyclic amines) is 1. The summed E-state index contributed by atoms with van der Waals surface area (Å²) in [7, 11) is 0. The van der Waals surface area contributed by atoms with Gasteiger partial charge in [-0.2, -0.15) is 0 Å². The van der Waals surface area contributed by atoms with Crippen LogP contribution in [0.15, 0.2) is 140 Å². The van der Waals surface area contributed by atoms with E-state index in [0.717, 1.165) is 10.8 Å². The smallest absolute Gasteiger partial charge is 0.317 e. The van der Waals surface area contributed by atoms with Gasteiger partial charge < -0.3 is 117 Å².